The van der Waals surface area contributed by atoms with Crippen LogP contribution in [0.25, 0.3) is 0 Å². The van der Waals surface area contributed by atoms with E-state index >= 15 is 0 Å². The number of hydrogen-bond donors (Lipinski definition) is 3. The summed E-state index contributed by atoms with van der Waals surface area (Å²) in [6, 6.07) is 81.1. The predicted octanol–water partition coefficient (Wildman–Crippen LogP) is 10.0. The summed E-state index contributed by atoms with van der Waals surface area (Å²) in [5.41, 5.74) is 11.5. The van der Waals surface area contributed by atoms with Crippen molar-refractivity contribution in [3.63, 3.8) is 0 Å². The Kier molecular flexibility index (Phi) is 25.1. The van der Waals surface area contributed by atoms with Gasteiger partial charge in [-0.3, -0.25) is 0 Å². The number of aliphatic hydroxyl groups excluding tert-OH is 3. The number of benzene rings is 9. The molecule has 3 N–H and O–H groups in total. The molecule has 0 heterocycles. The Bertz CT molecular complexity index is 2700. The molecule has 0 bridgehead atoms. The van der Waals surface area contributed by atoms with E-state index in [1.165, 1.54) is 97.8 Å². The fourth-order valence-corrected chi connectivity index (χ4v) is 23.4. The van der Waals surface area contributed by atoms with Gasteiger partial charge in [0, 0.05) is 39.1 Å². The van der Waals surface area contributed by atoms with Crippen molar-refractivity contribution in [1.82, 2.24) is 0 Å². The molecule has 9 aromatic carbocycles. The summed E-state index contributed by atoms with van der Waals surface area (Å²) in [6.45, 7) is 19.9. The van der Waals surface area contributed by atoms with Gasteiger partial charge in [-0.05, 0) is 172 Å². The van der Waals surface area contributed by atoms with Crippen LogP contribution in [0.1, 0.15) is 69.3 Å². The molecule has 0 spiro atoms. The SMILES string of the molecule is Cc1ccc([P+](CCCO)(c2ccc(C)cc2)c2ccc(C)cc2)cc1.Cc1ccc([P+](CCCO)(c2ccc(C)cc2)c2ccc(C)cc2)cc1.Cc1ccc([P+](CCCO)(c2ccc(C)cc2)c2ccc(C)cc2)cc1.O=P([O-])([O-])[O-]. The summed E-state index contributed by atoms with van der Waals surface area (Å²) in [7, 11) is -10.8. The minimum Gasteiger partial charge on any atom is -0.822 e. The van der Waals surface area contributed by atoms with Gasteiger partial charge in [0.15, 0.2) is 0 Å². The Morgan fingerprint density at radius 1 is 0.253 bits per heavy atom. The second kappa shape index (κ2) is 31.4. The van der Waals surface area contributed by atoms with Gasteiger partial charge >= 0.3 is 0 Å². The van der Waals surface area contributed by atoms with Crippen LogP contribution in [0.3, 0.4) is 0 Å². The van der Waals surface area contributed by atoms with Crippen LogP contribution in [-0.2, 0) is 4.57 Å². The van der Waals surface area contributed by atoms with E-state index in [-0.39, 0.29) is 19.8 Å². The fraction of sp³-hybridized carbons (Fsp3) is 0.250. The summed E-state index contributed by atoms with van der Waals surface area (Å²) in [5.74, 6) is 0. The van der Waals surface area contributed by atoms with E-state index in [1.54, 1.807) is 0 Å². The molecule has 0 saturated carbocycles. The van der Waals surface area contributed by atoms with E-state index < -0.39 is 29.6 Å². The minimum absolute atomic E-state index is 0.228. The van der Waals surface area contributed by atoms with Crippen LogP contribution in [0, 0.1) is 62.3 Å². The molecule has 0 atom stereocenters. The largest absolute Gasteiger partial charge is 0.822 e. The van der Waals surface area contributed by atoms with Crippen LogP contribution in [0.15, 0.2) is 218 Å². The molecule has 0 radical (unpaired) electrons. The molecular formula is C72H84O7P4. The quantitative estimate of drug-likeness (QED) is 0.0725. The van der Waals surface area contributed by atoms with Crippen molar-refractivity contribution < 1.29 is 34.6 Å². The Morgan fingerprint density at radius 2 is 0.349 bits per heavy atom. The summed E-state index contributed by atoms with van der Waals surface area (Å²) >= 11 is 0. The highest BCUT2D eigenvalue weighted by Crippen LogP contribution is 2.58. The van der Waals surface area contributed by atoms with E-state index in [2.05, 4.69) is 281 Å². The number of phosphoric acid groups is 1. The first kappa shape index (κ1) is 66.4. The molecule has 0 aliphatic rings. The van der Waals surface area contributed by atoms with E-state index in [1.807, 2.05) is 0 Å². The van der Waals surface area contributed by atoms with E-state index in [0.29, 0.717) is 0 Å². The molecule has 0 amide bonds. The molecule has 0 aromatic heterocycles. The van der Waals surface area contributed by atoms with Crippen LogP contribution >= 0.6 is 29.6 Å². The first-order valence-electron chi connectivity index (χ1n) is 28.5. The first-order chi connectivity index (χ1) is 39.7. The standard InChI is InChI=1S/3C24H28OP.H3O4P/c3*1-19-5-11-22(12-6-19)26(18-4-17-25,23-13-7-20(2)8-14-23)24-15-9-21(3)10-16-24;1-5(2,3)4/h3*5-16,25H,4,17-18H2,1-3H3;(H3,1,2,3,4)/q3*+1;/p-3. The highest BCUT2D eigenvalue weighted by atomic mass is 31.2. The Morgan fingerprint density at radius 3 is 0.434 bits per heavy atom. The molecule has 83 heavy (non-hydrogen) atoms. The van der Waals surface area contributed by atoms with Crippen LogP contribution in [-0.4, -0.2) is 53.6 Å². The van der Waals surface area contributed by atoms with Crippen LogP contribution in [0.5, 0.6) is 0 Å². The number of aliphatic hydroxyl groups is 3. The van der Waals surface area contributed by atoms with Crippen LogP contribution < -0.4 is 62.4 Å². The van der Waals surface area contributed by atoms with Gasteiger partial charge in [-0.1, -0.05) is 159 Å². The molecule has 9 aromatic rings. The maximum absolute atomic E-state index is 9.62. The van der Waals surface area contributed by atoms with Gasteiger partial charge in [0.1, 0.15) is 69.5 Å². The van der Waals surface area contributed by atoms with Crippen molar-refractivity contribution in [3.8, 4) is 0 Å². The maximum Gasteiger partial charge on any atom is 0.112 e. The van der Waals surface area contributed by atoms with Crippen LogP contribution in [0.4, 0.5) is 0 Å². The van der Waals surface area contributed by atoms with E-state index in [4.69, 9.17) is 19.2 Å². The topological polar surface area (TPSA) is 147 Å². The summed E-state index contributed by atoms with van der Waals surface area (Å²) in [6.07, 6.45) is 5.38. The average molecular weight is 1190 g/mol. The third kappa shape index (κ3) is 17.9. The number of aryl methyl sites for hydroxylation is 9. The molecule has 0 aliphatic carbocycles. The van der Waals surface area contributed by atoms with E-state index in [9.17, 15) is 15.3 Å². The van der Waals surface area contributed by atoms with Crippen molar-refractivity contribution in [3.05, 3.63) is 268 Å². The summed E-state index contributed by atoms with van der Waals surface area (Å²) in [5, 5.41) is 41.4. The lowest BCUT2D eigenvalue weighted by molar-refractivity contribution is -0.432. The average Bonchev–Trinajstić information content (AvgIpc) is 2.28. The Labute approximate surface area is 497 Å². The summed E-state index contributed by atoms with van der Waals surface area (Å²) < 4.78 is 8.55. The molecule has 0 aliphatic heterocycles. The van der Waals surface area contributed by atoms with E-state index in [0.717, 1.165) is 37.7 Å². The molecule has 9 rings (SSSR count). The maximum atomic E-state index is 9.62. The lowest BCUT2D eigenvalue weighted by Gasteiger charge is -2.36. The number of rotatable bonds is 18. The van der Waals surface area contributed by atoms with Gasteiger partial charge in [0.2, 0.25) is 0 Å². The zero-order chi connectivity index (χ0) is 60.2. The fourth-order valence-electron chi connectivity index (χ4n) is 10.6. The van der Waals surface area contributed by atoms with Crippen molar-refractivity contribution in [2.24, 2.45) is 0 Å². The third-order valence-corrected chi connectivity index (χ3v) is 28.8. The highest BCUT2D eigenvalue weighted by molar-refractivity contribution is 7.96. The smallest absolute Gasteiger partial charge is 0.112 e. The van der Waals surface area contributed by atoms with Gasteiger partial charge in [-0.2, -0.15) is 7.82 Å². The predicted molar refractivity (Wildman–Crippen MR) is 355 cm³/mol. The molecular weight excluding hydrogens is 1100 g/mol. The molecule has 0 unspecified atom stereocenters. The lowest BCUT2D eigenvalue weighted by atomic mass is 10.2. The van der Waals surface area contributed by atoms with Crippen molar-refractivity contribution in [2.45, 2.75) is 81.6 Å². The van der Waals surface area contributed by atoms with Gasteiger partial charge in [-0.15, -0.1) is 0 Å². The molecule has 0 saturated heterocycles. The number of hydrogen-bond acceptors (Lipinski definition) is 7. The van der Waals surface area contributed by atoms with Gasteiger partial charge < -0.3 is 34.6 Å². The lowest BCUT2D eigenvalue weighted by Crippen LogP contribution is -2.33. The molecule has 11 heteroatoms. The zero-order valence-electron chi connectivity index (χ0n) is 49.9. The van der Waals surface area contributed by atoms with Gasteiger partial charge in [0.05, 0.1) is 18.5 Å². The Hall–Kier alpha value is -5.74. The second-order valence-corrected chi connectivity index (χ2v) is 33.5. The highest BCUT2D eigenvalue weighted by Gasteiger charge is 2.47. The van der Waals surface area contributed by atoms with Crippen molar-refractivity contribution in [2.75, 3.05) is 38.3 Å². The van der Waals surface area contributed by atoms with Gasteiger partial charge in [0.25, 0.3) is 0 Å². The monoisotopic (exact) mass is 1180 g/mol. The second-order valence-electron chi connectivity index (χ2n) is 21.8. The van der Waals surface area contributed by atoms with Gasteiger partial charge in [-0.25, -0.2) is 0 Å². The third-order valence-electron chi connectivity index (χ3n) is 15.2. The molecule has 0 fully saturated rings. The van der Waals surface area contributed by atoms with Crippen LogP contribution in [0.2, 0.25) is 0 Å². The normalized spacial score (nSPS) is 11.6. The first-order valence-corrected chi connectivity index (χ1v) is 35.9. The van der Waals surface area contributed by atoms with Crippen molar-refractivity contribution >= 4 is 77.4 Å². The molecule has 434 valence electrons. The minimum atomic E-state index is -5.39. The Balaban J connectivity index is 0.000000192. The molecule has 7 nitrogen and oxygen atoms in total. The summed E-state index contributed by atoms with van der Waals surface area (Å²) in [4.78, 5) is 25.6. The zero-order valence-corrected chi connectivity index (χ0v) is 53.5. The van der Waals surface area contributed by atoms with Crippen molar-refractivity contribution in [1.29, 1.82) is 0 Å².